The smallest absolute Gasteiger partial charge is 0.422 e. The lowest BCUT2D eigenvalue weighted by Crippen LogP contribution is -2.40. The van der Waals surface area contributed by atoms with Gasteiger partial charge in [-0.1, -0.05) is 6.92 Å². The Morgan fingerprint density at radius 2 is 1.71 bits per heavy atom. The minimum Gasteiger partial charge on any atom is -0.469 e. The normalized spacial score (nSPS) is 23.2. The van der Waals surface area contributed by atoms with Crippen LogP contribution in [0.5, 0.6) is 0 Å². The fourth-order valence-corrected chi connectivity index (χ4v) is 1.46. The number of halogens is 6. The van der Waals surface area contributed by atoms with E-state index in [1.165, 1.54) is 6.92 Å². The first-order valence-corrected chi connectivity index (χ1v) is 5.91. The van der Waals surface area contributed by atoms with Gasteiger partial charge in [-0.3, -0.25) is 0 Å². The average molecular weight is 320 g/mol. The Labute approximate surface area is 116 Å². The molecule has 1 N–H and O–H groups in total. The molecule has 122 valence electrons. The summed E-state index contributed by atoms with van der Waals surface area (Å²) in [5.74, 6) is -0.178. The Morgan fingerprint density at radius 3 is 2.19 bits per heavy atom. The molecule has 1 aliphatic heterocycles. The van der Waals surface area contributed by atoms with E-state index in [9.17, 15) is 26.3 Å². The third kappa shape index (κ3) is 6.69. The van der Waals surface area contributed by atoms with Gasteiger partial charge in [0.25, 0.3) is 0 Å². The van der Waals surface area contributed by atoms with Gasteiger partial charge in [-0.2, -0.15) is 26.3 Å². The highest BCUT2D eigenvalue weighted by Gasteiger charge is 2.36. The number of ether oxygens (including phenoxy) is 2. The molecule has 0 saturated carbocycles. The molecule has 0 radical (unpaired) electrons. The number of rotatable bonds is 5. The molecule has 21 heavy (non-hydrogen) atoms. The van der Waals surface area contributed by atoms with Crippen molar-refractivity contribution in [1.82, 2.24) is 5.32 Å². The molecule has 0 aliphatic carbocycles. The SMILES string of the molecule is CCC1=NC(C)(OCC(F)(F)F)C=C(OCC(F)(F)F)N1. The van der Waals surface area contributed by atoms with Gasteiger partial charge in [0.15, 0.2) is 18.2 Å². The standard InChI is InChI=1S/C11H14F6N2O2/c1-3-7-18-8(20-5-10(12,13)14)4-9(2,19-7)21-6-11(15,16)17/h4H,3,5-6H2,1-2H3,(H,18,19). The van der Waals surface area contributed by atoms with Crippen LogP contribution in [-0.2, 0) is 9.47 Å². The highest BCUT2D eigenvalue weighted by molar-refractivity contribution is 5.84. The van der Waals surface area contributed by atoms with Gasteiger partial charge in [-0.15, -0.1) is 0 Å². The van der Waals surface area contributed by atoms with Crippen molar-refractivity contribution in [2.75, 3.05) is 13.2 Å². The van der Waals surface area contributed by atoms with E-state index in [2.05, 4.69) is 19.8 Å². The zero-order valence-electron chi connectivity index (χ0n) is 11.2. The van der Waals surface area contributed by atoms with E-state index >= 15 is 0 Å². The van der Waals surface area contributed by atoms with E-state index in [0.717, 1.165) is 6.08 Å². The summed E-state index contributed by atoms with van der Waals surface area (Å²) in [4.78, 5) is 3.88. The van der Waals surface area contributed by atoms with Crippen LogP contribution in [0.25, 0.3) is 0 Å². The lowest BCUT2D eigenvalue weighted by Gasteiger charge is -2.30. The fraction of sp³-hybridized carbons (Fsp3) is 0.727. The van der Waals surface area contributed by atoms with Gasteiger partial charge in [0.05, 0.1) is 0 Å². The summed E-state index contributed by atoms with van der Waals surface area (Å²) < 4.78 is 81.9. The molecule has 0 amide bonds. The summed E-state index contributed by atoms with van der Waals surface area (Å²) in [6, 6.07) is 0. The zero-order valence-corrected chi connectivity index (χ0v) is 11.2. The first-order valence-electron chi connectivity index (χ1n) is 5.91. The molecule has 1 rings (SSSR count). The molecular weight excluding hydrogens is 306 g/mol. The number of nitrogens with one attached hydrogen (secondary N) is 1. The van der Waals surface area contributed by atoms with E-state index < -0.39 is 31.3 Å². The number of nitrogens with zero attached hydrogens (tertiary/aromatic N) is 1. The third-order valence-electron chi connectivity index (χ3n) is 2.28. The summed E-state index contributed by atoms with van der Waals surface area (Å²) in [6.45, 7) is -0.319. The van der Waals surface area contributed by atoms with Crippen LogP contribution in [0.3, 0.4) is 0 Å². The van der Waals surface area contributed by atoms with Crippen molar-refractivity contribution in [1.29, 1.82) is 0 Å². The van der Waals surface area contributed by atoms with Crippen LogP contribution < -0.4 is 5.32 Å². The molecular formula is C11H14F6N2O2. The number of hydrogen-bond donors (Lipinski definition) is 1. The molecule has 1 unspecified atom stereocenters. The van der Waals surface area contributed by atoms with Crippen LogP contribution in [0.1, 0.15) is 20.3 Å². The molecule has 1 heterocycles. The maximum absolute atomic E-state index is 12.2. The molecule has 0 fully saturated rings. The van der Waals surface area contributed by atoms with Crippen LogP contribution in [0.4, 0.5) is 26.3 Å². The molecule has 0 aromatic carbocycles. The fourth-order valence-electron chi connectivity index (χ4n) is 1.46. The van der Waals surface area contributed by atoms with Crippen molar-refractivity contribution < 1.29 is 35.8 Å². The lowest BCUT2D eigenvalue weighted by molar-refractivity contribution is -0.194. The Bertz CT molecular complexity index is 429. The van der Waals surface area contributed by atoms with Gasteiger partial charge in [0.1, 0.15) is 12.4 Å². The van der Waals surface area contributed by atoms with Crippen LogP contribution in [-0.4, -0.2) is 37.1 Å². The van der Waals surface area contributed by atoms with Gasteiger partial charge < -0.3 is 14.8 Å². The van der Waals surface area contributed by atoms with Gasteiger partial charge >= 0.3 is 12.4 Å². The number of hydrogen-bond acceptors (Lipinski definition) is 4. The van der Waals surface area contributed by atoms with E-state index in [1.54, 1.807) is 6.92 Å². The van der Waals surface area contributed by atoms with Gasteiger partial charge in [-0.25, -0.2) is 4.99 Å². The Kier molecular flexibility index (Phi) is 5.13. The molecule has 0 saturated heterocycles. The minimum absolute atomic E-state index is 0.166. The van der Waals surface area contributed by atoms with E-state index in [1.807, 2.05) is 0 Å². The molecule has 10 heteroatoms. The number of aliphatic imine (C=N–C) groups is 1. The van der Waals surface area contributed by atoms with Crippen molar-refractivity contribution in [3.8, 4) is 0 Å². The summed E-state index contributed by atoms with van der Waals surface area (Å²) in [5, 5.41) is 2.46. The summed E-state index contributed by atoms with van der Waals surface area (Å²) in [6.07, 6.45) is -7.94. The van der Waals surface area contributed by atoms with Crippen molar-refractivity contribution in [3.63, 3.8) is 0 Å². The Balaban J connectivity index is 2.81. The minimum atomic E-state index is -4.57. The predicted octanol–water partition coefficient (Wildman–Crippen LogP) is 3.11. The second-order valence-corrected chi connectivity index (χ2v) is 4.41. The maximum Gasteiger partial charge on any atom is 0.422 e. The van der Waals surface area contributed by atoms with Gasteiger partial charge in [-0.05, 0) is 6.92 Å². The summed E-state index contributed by atoms with van der Waals surface area (Å²) >= 11 is 0. The molecule has 4 nitrogen and oxygen atoms in total. The third-order valence-corrected chi connectivity index (χ3v) is 2.28. The topological polar surface area (TPSA) is 42.9 Å². The van der Waals surface area contributed by atoms with Crippen molar-refractivity contribution in [2.24, 2.45) is 4.99 Å². The first kappa shape index (κ1) is 17.6. The van der Waals surface area contributed by atoms with Crippen LogP contribution in [0.15, 0.2) is 17.0 Å². The average Bonchev–Trinajstić information content (AvgIpc) is 2.32. The highest BCUT2D eigenvalue weighted by Crippen LogP contribution is 2.26. The Hall–Kier alpha value is -1.45. The van der Waals surface area contributed by atoms with Crippen molar-refractivity contribution in [3.05, 3.63) is 12.0 Å². The lowest BCUT2D eigenvalue weighted by atomic mass is 10.2. The van der Waals surface area contributed by atoms with Gasteiger partial charge in [0, 0.05) is 12.5 Å². The molecule has 0 spiro atoms. The second kappa shape index (κ2) is 6.12. The van der Waals surface area contributed by atoms with Crippen molar-refractivity contribution in [2.45, 2.75) is 38.3 Å². The van der Waals surface area contributed by atoms with E-state index in [0.29, 0.717) is 0 Å². The first-order chi connectivity index (χ1) is 9.42. The monoisotopic (exact) mass is 320 g/mol. The van der Waals surface area contributed by atoms with Gasteiger partial charge in [0.2, 0.25) is 0 Å². The van der Waals surface area contributed by atoms with Crippen LogP contribution in [0.2, 0.25) is 0 Å². The maximum atomic E-state index is 12.2. The molecule has 1 aliphatic rings. The van der Waals surface area contributed by atoms with Crippen LogP contribution in [0, 0.1) is 0 Å². The van der Waals surface area contributed by atoms with E-state index in [4.69, 9.17) is 0 Å². The predicted molar refractivity (Wildman–Crippen MR) is 61.4 cm³/mol. The number of alkyl halides is 6. The largest absolute Gasteiger partial charge is 0.469 e. The Morgan fingerprint density at radius 1 is 1.14 bits per heavy atom. The molecule has 0 bridgehead atoms. The molecule has 1 atom stereocenters. The molecule has 0 aromatic rings. The summed E-state index contributed by atoms with van der Waals surface area (Å²) in [7, 11) is 0. The molecule has 0 aromatic heterocycles. The zero-order chi connectivity index (χ0) is 16.3. The summed E-state index contributed by atoms with van der Waals surface area (Å²) in [5.41, 5.74) is -1.74. The second-order valence-electron chi connectivity index (χ2n) is 4.41. The quantitative estimate of drug-likeness (QED) is 0.792. The highest BCUT2D eigenvalue weighted by atomic mass is 19.4. The van der Waals surface area contributed by atoms with Crippen molar-refractivity contribution >= 4 is 5.84 Å². The van der Waals surface area contributed by atoms with Crippen LogP contribution >= 0.6 is 0 Å². The number of amidine groups is 1. The van der Waals surface area contributed by atoms with E-state index in [-0.39, 0.29) is 18.1 Å².